The van der Waals surface area contributed by atoms with E-state index in [1.54, 1.807) is 24.5 Å². The number of nitrogens with one attached hydrogen (secondary N) is 2. The van der Waals surface area contributed by atoms with Gasteiger partial charge in [-0.1, -0.05) is 6.07 Å². The summed E-state index contributed by atoms with van der Waals surface area (Å²) in [4.78, 5) is 31.5. The minimum atomic E-state index is -0.184. The van der Waals surface area contributed by atoms with Gasteiger partial charge in [-0.3, -0.25) is 9.78 Å². The molecule has 0 radical (unpaired) electrons. The van der Waals surface area contributed by atoms with Crippen LogP contribution in [0, 0.1) is 0 Å². The van der Waals surface area contributed by atoms with Crippen molar-refractivity contribution in [2.75, 3.05) is 23.3 Å². The molecule has 1 aromatic carbocycles. The fourth-order valence-electron chi connectivity index (χ4n) is 3.57. The van der Waals surface area contributed by atoms with Crippen molar-refractivity contribution >= 4 is 28.4 Å². The van der Waals surface area contributed by atoms with Gasteiger partial charge in [-0.05, 0) is 55.3 Å². The van der Waals surface area contributed by atoms with Gasteiger partial charge in [0.2, 0.25) is 0 Å². The van der Waals surface area contributed by atoms with Crippen LogP contribution in [0.4, 0.5) is 11.5 Å². The highest BCUT2D eigenvalue weighted by molar-refractivity contribution is 6.06. The molecule has 5 rings (SSSR count). The van der Waals surface area contributed by atoms with Crippen LogP contribution in [0.25, 0.3) is 22.6 Å². The van der Waals surface area contributed by atoms with Gasteiger partial charge < -0.3 is 15.2 Å². The van der Waals surface area contributed by atoms with E-state index in [2.05, 4.69) is 30.2 Å². The maximum atomic E-state index is 12.7. The lowest BCUT2D eigenvalue weighted by molar-refractivity contribution is 0.102. The van der Waals surface area contributed by atoms with Crippen molar-refractivity contribution in [3.63, 3.8) is 0 Å². The van der Waals surface area contributed by atoms with Crippen molar-refractivity contribution in [3.05, 3.63) is 66.5 Å². The standard InChI is InChI=1S/C22H20N6O/c29-22(25-16-7-9-20(24-14-16)28-11-3-4-12-28)15-6-8-17-19(13-15)27-21(26-17)18-5-1-2-10-23-18/h1-2,5-10,13-14H,3-4,11-12H2,(H,25,29)(H,26,27). The van der Waals surface area contributed by atoms with Crippen LogP contribution in [0.3, 0.4) is 0 Å². The Hall–Kier alpha value is -3.74. The lowest BCUT2D eigenvalue weighted by Gasteiger charge is -2.16. The van der Waals surface area contributed by atoms with Gasteiger partial charge in [0.15, 0.2) is 5.82 Å². The molecule has 1 aliphatic heterocycles. The number of pyridine rings is 2. The molecule has 1 aliphatic rings. The number of imidazole rings is 1. The van der Waals surface area contributed by atoms with Crippen molar-refractivity contribution in [3.8, 4) is 11.5 Å². The number of carbonyl (C=O) groups is 1. The Morgan fingerprint density at radius 2 is 1.93 bits per heavy atom. The molecular formula is C22H20N6O. The first-order chi connectivity index (χ1) is 14.3. The average molecular weight is 384 g/mol. The number of H-pyrrole nitrogens is 1. The van der Waals surface area contributed by atoms with E-state index >= 15 is 0 Å². The molecule has 1 saturated heterocycles. The van der Waals surface area contributed by atoms with E-state index in [0.29, 0.717) is 17.1 Å². The summed E-state index contributed by atoms with van der Waals surface area (Å²) in [6, 6.07) is 14.9. The molecule has 7 nitrogen and oxygen atoms in total. The Labute approximate surface area is 167 Å². The number of aromatic nitrogens is 4. The van der Waals surface area contributed by atoms with Crippen LogP contribution >= 0.6 is 0 Å². The van der Waals surface area contributed by atoms with Gasteiger partial charge in [0, 0.05) is 24.8 Å². The van der Waals surface area contributed by atoms with Crippen LogP contribution in [-0.4, -0.2) is 38.9 Å². The van der Waals surface area contributed by atoms with E-state index in [9.17, 15) is 4.79 Å². The molecule has 0 unspecified atom stereocenters. The second-order valence-corrected chi connectivity index (χ2v) is 7.09. The summed E-state index contributed by atoms with van der Waals surface area (Å²) in [5.74, 6) is 1.46. The van der Waals surface area contributed by atoms with Crippen LogP contribution in [0.1, 0.15) is 23.2 Å². The van der Waals surface area contributed by atoms with E-state index in [0.717, 1.165) is 35.6 Å². The van der Waals surface area contributed by atoms with E-state index in [1.807, 2.05) is 36.4 Å². The number of benzene rings is 1. The number of carbonyl (C=O) groups excluding carboxylic acids is 1. The van der Waals surface area contributed by atoms with Gasteiger partial charge in [0.25, 0.3) is 5.91 Å². The summed E-state index contributed by atoms with van der Waals surface area (Å²) in [6.07, 6.45) is 5.85. The Kier molecular flexibility index (Phi) is 4.40. The van der Waals surface area contributed by atoms with E-state index in [-0.39, 0.29) is 5.91 Å². The summed E-state index contributed by atoms with van der Waals surface area (Å²) in [7, 11) is 0. The van der Waals surface area contributed by atoms with Crippen molar-refractivity contribution < 1.29 is 4.79 Å². The Morgan fingerprint density at radius 3 is 2.69 bits per heavy atom. The third-order valence-electron chi connectivity index (χ3n) is 5.09. The fourth-order valence-corrected chi connectivity index (χ4v) is 3.57. The van der Waals surface area contributed by atoms with Crippen LogP contribution in [0.15, 0.2) is 60.9 Å². The molecule has 1 amide bonds. The van der Waals surface area contributed by atoms with E-state index in [1.165, 1.54) is 12.8 Å². The third kappa shape index (κ3) is 3.54. The summed E-state index contributed by atoms with van der Waals surface area (Å²) in [5, 5.41) is 2.91. The SMILES string of the molecule is O=C(Nc1ccc(N2CCCC2)nc1)c1ccc2nc(-c3ccccn3)[nH]c2c1. The number of amides is 1. The van der Waals surface area contributed by atoms with Gasteiger partial charge in [0.05, 0.1) is 22.9 Å². The molecule has 0 saturated carbocycles. The fraction of sp³-hybridized carbons (Fsp3) is 0.182. The predicted octanol–water partition coefficient (Wildman–Crippen LogP) is 3.87. The molecule has 29 heavy (non-hydrogen) atoms. The number of nitrogens with zero attached hydrogens (tertiary/aromatic N) is 4. The first-order valence-corrected chi connectivity index (χ1v) is 9.70. The molecule has 144 valence electrons. The van der Waals surface area contributed by atoms with E-state index < -0.39 is 0 Å². The van der Waals surface area contributed by atoms with Crippen LogP contribution in [0.2, 0.25) is 0 Å². The van der Waals surface area contributed by atoms with Crippen molar-refractivity contribution in [2.24, 2.45) is 0 Å². The van der Waals surface area contributed by atoms with Gasteiger partial charge in [0.1, 0.15) is 11.5 Å². The zero-order chi connectivity index (χ0) is 19.6. The average Bonchev–Trinajstić information content (AvgIpc) is 3.44. The zero-order valence-corrected chi connectivity index (χ0v) is 15.8. The van der Waals surface area contributed by atoms with E-state index in [4.69, 9.17) is 0 Å². The minimum absolute atomic E-state index is 0.184. The molecule has 7 heteroatoms. The van der Waals surface area contributed by atoms with Crippen molar-refractivity contribution in [1.29, 1.82) is 0 Å². The monoisotopic (exact) mass is 384 g/mol. The molecule has 0 bridgehead atoms. The molecule has 4 heterocycles. The summed E-state index contributed by atoms with van der Waals surface area (Å²) in [6.45, 7) is 2.09. The predicted molar refractivity (Wildman–Crippen MR) is 113 cm³/mol. The minimum Gasteiger partial charge on any atom is -0.357 e. The number of rotatable bonds is 4. The number of anilines is 2. The molecule has 0 aliphatic carbocycles. The molecule has 3 aromatic heterocycles. The Morgan fingerprint density at radius 1 is 1.03 bits per heavy atom. The van der Waals surface area contributed by atoms with Crippen LogP contribution < -0.4 is 10.2 Å². The molecule has 2 N–H and O–H groups in total. The highest BCUT2D eigenvalue weighted by atomic mass is 16.1. The van der Waals surface area contributed by atoms with Gasteiger partial charge in [-0.15, -0.1) is 0 Å². The normalized spacial score (nSPS) is 13.7. The quantitative estimate of drug-likeness (QED) is 0.558. The highest BCUT2D eigenvalue weighted by Crippen LogP contribution is 2.22. The van der Waals surface area contributed by atoms with Gasteiger partial charge >= 0.3 is 0 Å². The van der Waals surface area contributed by atoms with Gasteiger partial charge in [-0.2, -0.15) is 0 Å². The summed E-state index contributed by atoms with van der Waals surface area (Å²) >= 11 is 0. The smallest absolute Gasteiger partial charge is 0.255 e. The highest BCUT2D eigenvalue weighted by Gasteiger charge is 2.14. The summed E-state index contributed by atoms with van der Waals surface area (Å²) in [5.41, 5.74) is 3.58. The summed E-state index contributed by atoms with van der Waals surface area (Å²) < 4.78 is 0. The molecule has 0 spiro atoms. The van der Waals surface area contributed by atoms with Gasteiger partial charge in [-0.25, -0.2) is 9.97 Å². The molecular weight excluding hydrogens is 364 g/mol. The maximum absolute atomic E-state index is 12.7. The zero-order valence-electron chi connectivity index (χ0n) is 15.8. The van der Waals surface area contributed by atoms with Crippen molar-refractivity contribution in [2.45, 2.75) is 12.8 Å². The largest absolute Gasteiger partial charge is 0.357 e. The van der Waals surface area contributed by atoms with Crippen molar-refractivity contribution in [1.82, 2.24) is 19.9 Å². The topological polar surface area (TPSA) is 86.8 Å². The molecule has 4 aromatic rings. The lowest BCUT2D eigenvalue weighted by Crippen LogP contribution is -2.19. The number of hydrogen-bond donors (Lipinski definition) is 2. The molecule has 1 fully saturated rings. The molecule has 0 atom stereocenters. The Balaban J connectivity index is 1.34. The Bertz CT molecular complexity index is 1150. The number of fused-ring (bicyclic) bond motifs is 1. The van der Waals surface area contributed by atoms with Crippen LogP contribution in [0.5, 0.6) is 0 Å². The first kappa shape index (κ1) is 17.4. The number of aromatic amines is 1. The number of hydrogen-bond acceptors (Lipinski definition) is 5. The third-order valence-corrected chi connectivity index (χ3v) is 5.09. The second kappa shape index (κ2) is 7.35. The maximum Gasteiger partial charge on any atom is 0.255 e. The lowest BCUT2D eigenvalue weighted by atomic mass is 10.2. The van der Waals surface area contributed by atoms with Crippen LogP contribution in [-0.2, 0) is 0 Å². The second-order valence-electron chi connectivity index (χ2n) is 7.09. The first-order valence-electron chi connectivity index (χ1n) is 9.70.